The predicted molar refractivity (Wildman–Crippen MR) is 95.6 cm³/mol. The highest BCUT2D eigenvalue weighted by Gasteiger charge is 2.39. The van der Waals surface area contributed by atoms with Crippen molar-refractivity contribution in [2.24, 2.45) is 0 Å². The molecule has 1 aromatic rings. The first-order valence-corrected chi connectivity index (χ1v) is 9.64. The van der Waals surface area contributed by atoms with Gasteiger partial charge < -0.3 is 14.2 Å². The third-order valence-electron chi connectivity index (χ3n) is 5.35. The second-order valence-electron chi connectivity index (χ2n) is 7.40. The number of nitrogens with one attached hydrogen (secondary N) is 1. The summed E-state index contributed by atoms with van der Waals surface area (Å²) >= 11 is 0. The number of hydroxylamine groups is 1. The van der Waals surface area contributed by atoms with Gasteiger partial charge in [-0.3, -0.25) is 10.3 Å². The minimum Gasteiger partial charge on any atom is -0.487 e. The molecule has 1 aliphatic carbocycles. The van der Waals surface area contributed by atoms with E-state index in [0.717, 1.165) is 43.4 Å². The molecule has 27 heavy (non-hydrogen) atoms. The van der Waals surface area contributed by atoms with Gasteiger partial charge in [-0.25, -0.2) is 0 Å². The normalized spacial score (nSPS) is 26.1. The smallest absolute Gasteiger partial charge is 0.387 e. The summed E-state index contributed by atoms with van der Waals surface area (Å²) in [5.74, 6) is 0.419. The highest BCUT2D eigenvalue weighted by Crippen LogP contribution is 2.37. The van der Waals surface area contributed by atoms with Crippen molar-refractivity contribution in [1.29, 1.82) is 0 Å². The standard InChI is InChI=1S/C20H25F2NO4/c21-19(22)26-17-8-7-14(16-12-20(27-23-16)9-10-24-13-20)11-18(17)25-15-5-3-1-2-4-6-15/h7-8,11-12,15,19,23H,1-6,9-10,13H2. The molecule has 1 atom stereocenters. The molecule has 1 aromatic carbocycles. The fourth-order valence-electron chi connectivity index (χ4n) is 3.88. The molecule has 0 radical (unpaired) electrons. The van der Waals surface area contributed by atoms with E-state index in [0.29, 0.717) is 19.0 Å². The molecule has 2 fully saturated rings. The second-order valence-corrected chi connectivity index (χ2v) is 7.40. The zero-order valence-electron chi connectivity index (χ0n) is 15.2. The van der Waals surface area contributed by atoms with Crippen molar-refractivity contribution in [3.8, 4) is 11.5 Å². The first kappa shape index (κ1) is 18.5. The van der Waals surface area contributed by atoms with Gasteiger partial charge in [0.1, 0.15) is 5.60 Å². The van der Waals surface area contributed by atoms with E-state index in [9.17, 15) is 8.78 Å². The van der Waals surface area contributed by atoms with Crippen molar-refractivity contribution < 1.29 is 27.8 Å². The van der Waals surface area contributed by atoms with Crippen molar-refractivity contribution in [1.82, 2.24) is 5.48 Å². The van der Waals surface area contributed by atoms with Crippen molar-refractivity contribution in [2.45, 2.75) is 63.3 Å². The molecule has 148 valence electrons. The molecule has 1 saturated carbocycles. The molecule has 0 bridgehead atoms. The van der Waals surface area contributed by atoms with Crippen LogP contribution in [-0.2, 0) is 9.57 Å². The Hall–Kier alpha value is -1.86. The maximum atomic E-state index is 12.8. The molecule has 3 aliphatic rings. The van der Waals surface area contributed by atoms with E-state index in [2.05, 4.69) is 10.2 Å². The van der Waals surface area contributed by atoms with Crippen LogP contribution < -0.4 is 15.0 Å². The Bertz CT molecular complexity index is 681. The summed E-state index contributed by atoms with van der Waals surface area (Å²) in [4.78, 5) is 5.71. The molecule has 7 heteroatoms. The van der Waals surface area contributed by atoms with E-state index < -0.39 is 12.2 Å². The SMILES string of the molecule is FC(F)Oc1ccc(C2=CC3(CCOC3)ON2)cc1OC1CCCCCC1. The average Bonchev–Trinajstić information content (AvgIpc) is 3.20. The van der Waals surface area contributed by atoms with Crippen LogP contribution in [0.5, 0.6) is 11.5 Å². The van der Waals surface area contributed by atoms with Gasteiger partial charge in [-0.2, -0.15) is 8.78 Å². The van der Waals surface area contributed by atoms with Gasteiger partial charge in [-0.1, -0.05) is 12.8 Å². The number of hydrogen-bond donors (Lipinski definition) is 1. The van der Waals surface area contributed by atoms with E-state index >= 15 is 0 Å². The number of hydrogen-bond acceptors (Lipinski definition) is 5. The van der Waals surface area contributed by atoms with E-state index in [4.69, 9.17) is 14.3 Å². The van der Waals surface area contributed by atoms with Crippen LogP contribution in [0, 0.1) is 0 Å². The quantitative estimate of drug-likeness (QED) is 0.765. The van der Waals surface area contributed by atoms with Crippen LogP contribution in [0.4, 0.5) is 8.78 Å². The van der Waals surface area contributed by atoms with E-state index in [1.807, 2.05) is 6.08 Å². The Morgan fingerprint density at radius 1 is 1.11 bits per heavy atom. The van der Waals surface area contributed by atoms with Crippen molar-refractivity contribution in [2.75, 3.05) is 13.2 Å². The molecule has 5 nitrogen and oxygen atoms in total. The van der Waals surface area contributed by atoms with Crippen LogP contribution in [-0.4, -0.2) is 31.5 Å². The molecular formula is C20H25F2NO4. The molecular weight excluding hydrogens is 356 g/mol. The summed E-state index contributed by atoms with van der Waals surface area (Å²) in [6.07, 6.45) is 9.25. The van der Waals surface area contributed by atoms with Gasteiger partial charge in [0.25, 0.3) is 0 Å². The Morgan fingerprint density at radius 2 is 1.93 bits per heavy atom. The van der Waals surface area contributed by atoms with E-state index in [1.165, 1.54) is 18.9 Å². The van der Waals surface area contributed by atoms with Gasteiger partial charge in [-0.15, -0.1) is 0 Å². The highest BCUT2D eigenvalue weighted by molar-refractivity contribution is 5.68. The lowest BCUT2D eigenvalue weighted by molar-refractivity contribution is -0.0522. The van der Waals surface area contributed by atoms with Gasteiger partial charge >= 0.3 is 6.61 Å². The first-order valence-electron chi connectivity index (χ1n) is 9.64. The van der Waals surface area contributed by atoms with Crippen molar-refractivity contribution in [3.63, 3.8) is 0 Å². The lowest BCUT2D eigenvalue weighted by Gasteiger charge is -2.20. The fraction of sp³-hybridized carbons (Fsp3) is 0.600. The van der Waals surface area contributed by atoms with Crippen LogP contribution in [0.25, 0.3) is 5.70 Å². The Morgan fingerprint density at radius 3 is 2.63 bits per heavy atom. The number of benzene rings is 1. The Labute approximate surface area is 157 Å². The average molecular weight is 381 g/mol. The third-order valence-corrected chi connectivity index (χ3v) is 5.35. The zero-order chi connectivity index (χ0) is 18.7. The summed E-state index contributed by atoms with van der Waals surface area (Å²) in [5.41, 5.74) is 4.09. The largest absolute Gasteiger partial charge is 0.487 e. The fourth-order valence-corrected chi connectivity index (χ4v) is 3.88. The molecule has 0 aromatic heterocycles. The molecule has 2 heterocycles. The van der Waals surface area contributed by atoms with Crippen LogP contribution in [0.15, 0.2) is 24.3 Å². The minimum atomic E-state index is -2.89. The number of ether oxygens (including phenoxy) is 3. The van der Waals surface area contributed by atoms with E-state index in [1.54, 1.807) is 12.1 Å². The summed E-state index contributed by atoms with van der Waals surface area (Å²) in [5, 5.41) is 0. The molecule has 1 spiro atoms. The monoisotopic (exact) mass is 381 g/mol. The lowest BCUT2D eigenvalue weighted by atomic mass is 10.0. The predicted octanol–water partition coefficient (Wildman–Crippen LogP) is 4.42. The highest BCUT2D eigenvalue weighted by atomic mass is 19.3. The van der Waals surface area contributed by atoms with Gasteiger partial charge in [0.05, 0.1) is 18.4 Å². The lowest BCUT2D eigenvalue weighted by Crippen LogP contribution is -2.29. The second kappa shape index (κ2) is 8.02. The van der Waals surface area contributed by atoms with Gasteiger partial charge in [-0.05, 0) is 50.0 Å². The Kier molecular flexibility index (Phi) is 5.50. The summed E-state index contributed by atoms with van der Waals surface area (Å²) < 4.78 is 41.8. The van der Waals surface area contributed by atoms with Gasteiger partial charge in [0.2, 0.25) is 0 Å². The van der Waals surface area contributed by atoms with E-state index in [-0.39, 0.29) is 11.9 Å². The summed E-state index contributed by atoms with van der Waals surface area (Å²) in [6.45, 7) is -1.73. The van der Waals surface area contributed by atoms with Crippen LogP contribution in [0.1, 0.15) is 50.5 Å². The molecule has 4 rings (SSSR count). The zero-order valence-corrected chi connectivity index (χ0v) is 15.2. The summed E-state index contributed by atoms with van der Waals surface area (Å²) in [7, 11) is 0. The molecule has 1 N–H and O–H groups in total. The number of halogens is 2. The maximum absolute atomic E-state index is 12.8. The molecule has 1 unspecified atom stereocenters. The first-order chi connectivity index (χ1) is 13.1. The molecule has 2 aliphatic heterocycles. The summed E-state index contributed by atoms with van der Waals surface area (Å²) in [6, 6.07) is 5.01. The third kappa shape index (κ3) is 4.35. The minimum absolute atomic E-state index is 0.0270. The van der Waals surface area contributed by atoms with Gasteiger partial charge in [0.15, 0.2) is 11.5 Å². The van der Waals surface area contributed by atoms with Gasteiger partial charge in [0, 0.05) is 18.6 Å². The van der Waals surface area contributed by atoms with Crippen LogP contribution in [0.2, 0.25) is 0 Å². The topological polar surface area (TPSA) is 49.0 Å². The number of rotatable bonds is 5. The molecule has 1 saturated heterocycles. The maximum Gasteiger partial charge on any atom is 0.387 e. The van der Waals surface area contributed by atoms with Crippen molar-refractivity contribution in [3.05, 3.63) is 29.8 Å². The van der Waals surface area contributed by atoms with Crippen LogP contribution in [0.3, 0.4) is 0 Å². The molecule has 0 amide bonds. The van der Waals surface area contributed by atoms with Crippen LogP contribution >= 0.6 is 0 Å². The van der Waals surface area contributed by atoms with Crippen molar-refractivity contribution >= 4 is 5.70 Å². The number of alkyl halides is 2. The Balaban J connectivity index is 1.58.